The molecule has 0 saturated heterocycles. The van der Waals surface area contributed by atoms with E-state index in [2.05, 4.69) is 19.2 Å². The van der Waals surface area contributed by atoms with Gasteiger partial charge in [0.2, 0.25) is 0 Å². The molecule has 0 aromatic heterocycles. The number of hydrogen-bond donors (Lipinski definition) is 1. The van der Waals surface area contributed by atoms with Crippen molar-refractivity contribution in [2.45, 2.75) is 52.1 Å². The number of ether oxygens (including phenoxy) is 2. The molecule has 1 fully saturated rings. The Morgan fingerprint density at radius 1 is 1.17 bits per heavy atom. The number of methoxy groups -OCH3 is 1. The molecule has 0 aliphatic heterocycles. The van der Waals surface area contributed by atoms with Crippen LogP contribution in [0.3, 0.4) is 0 Å². The minimum absolute atomic E-state index is 0.357. The van der Waals surface area contributed by atoms with Crippen molar-refractivity contribution in [2.24, 2.45) is 11.8 Å². The van der Waals surface area contributed by atoms with Crippen LogP contribution in [0.25, 0.3) is 0 Å². The summed E-state index contributed by atoms with van der Waals surface area (Å²) in [5.74, 6) is 1.69. The molecule has 0 bridgehead atoms. The first-order chi connectivity index (χ1) is 8.74. The van der Waals surface area contributed by atoms with Crippen LogP contribution >= 0.6 is 0 Å². The van der Waals surface area contributed by atoms with Crippen LogP contribution < -0.4 is 5.32 Å². The Bertz CT molecular complexity index is 191. The summed E-state index contributed by atoms with van der Waals surface area (Å²) in [7, 11) is 1.76. The van der Waals surface area contributed by atoms with Crippen molar-refractivity contribution in [3.8, 4) is 0 Å². The van der Waals surface area contributed by atoms with Gasteiger partial charge in [-0.15, -0.1) is 0 Å². The molecule has 108 valence electrons. The molecule has 1 unspecified atom stereocenters. The number of nitrogens with one attached hydrogen (secondary N) is 1. The van der Waals surface area contributed by atoms with Crippen LogP contribution in [-0.4, -0.2) is 39.5 Å². The lowest BCUT2D eigenvalue weighted by atomic mass is 9.88. The van der Waals surface area contributed by atoms with Crippen LogP contribution in [0.15, 0.2) is 0 Å². The summed E-state index contributed by atoms with van der Waals surface area (Å²) in [6.45, 7) is 8.02. The van der Waals surface area contributed by atoms with Crippen molar-refractivity contribution in [3.63, 3.8) is 0 Å². The van der Waals surface area contributed by atoms with Crippen LogP contribution in [0.2, 0.25) is 0 Å². The standard InChI is InChI=1S/C15H31NO2/c1-13(2)18-10-8-15(12-16-9-11-17-3)14-6-4-5-7-14/h13-16H,4-12H2,1-3H3. The molecule has 0 heterocycles. The van der Waals surface area contributed by atoms with E-state index in [0.29, 0.717) is 6.10 Å². The Hall–Kier alpha value is -0.120. The molecule has 3 heteroatoms. The van der Waals surface area contributed by atoms with Crippen LogP contribution in [0.4, 0.5) is 0 Å². The summed E-state index contributed by atoms with van der Waals surface area (Å²) in [4.78, 5) is 0. The average molecular weight is 257 g/mol. The molecule has 1 aliphatic rings. The summed E-state index contributed by atoms with van der Waals surface area (Å²) in [5, 5.41) is 3.52. The van der Waals surface area contributed by atoms with Gasteiger partial charge in [0.05, 0.1) is 12.7 Å². The van der Waals surface area contributed by atoms with Crippen molar-refractivity contribution in [2.75, 3.05) is 33.4 Å². The van der Waals surface area contributed by atoms with E-state index in [1.165, 1.54) is 32.1 Å². The lowest BCUT2D eigenvalue weighted by Crippen LogP contribution is -2.30. The molecule has 1 atom stereocenters. The Balaban J connectivity index is 2.22. The van der Waals surface area contributed by atoms with Crippen molar-refractivity contribution >= 4 is 0 Å². The van der Waals surface area contributed by atoms with Crippen molar-refractivity contribution in [3.05, 3.63) is 0 Å². The van der Waals surface area contributed by atoms with Crippen LogP contribution in [0.1, 0.15) is 46.0 Å². The molecule has 0 amide bonds. The van der Waals surface area contributed by atoms with Gasteiger partial charge in [-0.25, -0.2) is 0 Å². The van der Waals surface area contributed by atoms with Gasteiger partial charge < -0.3 is 14.8 Å². The summed E-state index contributed by atoms with van der Waals surface area (Å²) in [5.41, 5.74) is 0. The second kappa shape index (κ2) is 9.76. The Morgan fingerprint density at radius 3 is 2.50 bits per heavy atom. The minimum Gasteiger partial charge on any atom is -0.383 e. The molecule has 0 radical (unpaired) electrons. The second-order valence-electron chi connectivity index (χ2n) is 5.71. The molecule has 0 spiro atoms. The quantitative estimate of drug-likeness (QED) is 0.610. The predicted molar refractivity (Wildman–Crippen MR) is 75.9 cm³/mol. The van der Waals surface area contributed by atoms with Gasteiger partial charge in [-0.1, -0.05) is 25.7 Å². The molecular formula is C15H31NO2. The van der Waals surface area contributed by atoms with E-state index in [-0.39, 0.29) is 0 Å². The highest BCUT2D eigenvalue weighted by Gasteiger charge is 2.24. The average Bonchev–Trinajstić information content (AvgIpc) is 2.85. The van der Waals surface area contributed by atoms with Gasteiger partial charge in [0.15, 0.2) is 0 Å². The highest BCUT2D eigenvalue weighted by Crippen LogP contribution is 2.32. The fraction of sp³-hybridized carbons (Fsp3) is 1.00. The third-order valence-corrected chi connectivity index (χ3v) is 3.90. The lowest BCUT2D eigenvalue weighted by Gasteiger charge is -2.24. The van der Waals surface area contributed by atoms with Gasteiger partial charge in [-0.2, -0.15) is 0 Å². The van der Waals surface area contributed by atoms with E-state index >= 15 is 0 Å². The summed E-state index contributed by atoms with van der Waals surface area (Å²) >= 11 is 0. The summed E-state index contributed by atoms with van der Waals surface area (Å²) in [6, 6.07) is 0. The highest BCUT2D eigenvalue weighted by molar-refractivity contribution is 4.77. The SMILES string of the molecule is COCCNCC(CCOC(C)C)C1CCCC1. The molecule has 0 aromatic carbocycles. The summed E-state index contributed by atoms with van der Waals surface area (Å²) < 4.78 is 10.8. The molecule has 18 heavy (non-hydrogen) atoms. The fourth-order valence-electron chi connectivity index (χ4n) is 2.85. The highest BCUT2D eigenvalue weighted by atomic mass is 16.5. The van der Waals surface area contributed by atoms with Crippen molar-refractivity contribution < 1.29 is 9.47 Å². The van der Waals surface area contributed by atoms with Crippen LogP contribution in [0.5, 0.6) is 0 Å². The van der Waals surface area contributed by atoms with E-state index in [1.54, 1.807) is 7.11 Å². The second-order valence-corrected chi connectivity index (χ2v) is 5.71. The third kappa shape index (κ3) is 6.72. The zero-order valence-corrected chi connectivity index (χ0v) is 12.4. The van der Waals surface area contributed by atoms with Crippen LogP contribution in [0, 0.1) is 11.8 Å². The zero-order valence-electron chi connectivity index (χ0n) is 12.4. The first kappa shape index (κ1) is 15.9. The van der Waals surface area contributed by atoms with Gasteiger partial charge in [0, 0.05) is 20.3 Å². The maximum Gasteiger partial charge on any atom is 0.0587 e. The van der Waals surface area contributed by atoms with E-state index in [4.69, 9.17) is 9.47 Å². The van der Waals surface area contributed by atoms with Gasteiger partial charge in [-0.3, -0.25) is 0 Å². The maximum atomic E-state index is 5.71. The van der Waals surface area contributed by atoms with Gasteiger partial charge >= 0.3 is 0 Å². The maximum absolute atomic E-state index is 5.71. The third-order valence-electron chi connectivity index (χ3n) is 3.90. The monoisotopic (exact) mass is 257 g/mol. The molecule has 1 saturated carbocycles. The smallest absolute Gasteiger partial charge is 0.0587 e. The summed E-state index contributed by atoms with van der Waals surface area (Å²) in [6.07, 6.45) is 7.23. The van der Waals surface area contributed by atoms with Gasteiger partial charge in [-0.05, 0) is 38.6 Å². The number of rotatable bonds is 10. The Morgan fingerprint density at radius 2 is 1.89 bits per heavy atom. The van der Waals surface area contributed by atoms with E-state index in [1.807, 2.05) is 0 Å². The lowest BCUT2D eigenvalue weighted by molar-refractivity contribution is 0.0621. The fourth-order valence-corrected chi connectivity index (χ4v) is 2.85. The van der Waals surface area contributed by atoms with Crippen LogP contribution in [-0.2, 0) is 9.47 Å². The van der Waals surface area contributed by atoms with E-state index < -0.39 is 0 Å². The van der Waals surface area contributed by atoms with E-state index in [0.717, 1.165) is 38.1 Å². The molecule has 1 rings (SSSR count). The largest absolute Gasteiger partial charge is 0.383 e. The van der Waals surface area contributed by atoms with Crippen molar-refractivity contribution in [1.82, 2.24) is 5.32 Å². The molecule has 1 N–H and O–H groups in total. The first-order valence-electron chi connectivity index (χ1n) is 7.55. The predicted octanol–water partition coefficient (Wildman–Crippen LogP) is 2.84. The number of hydrogen-bond acceptors (Lipinski definition) is 3. The minimum atomic E-state index is 0.357. The Kier molecular flexibility index (Phi) is 8.64. The zero-order chi connectivity index (χ0) is 13.2. The topological polar surface area (TPSA) is 30.5 Å². The molecule has 3 nitrogen and oxygen atoms in total. The molecule has 0 aromatic rings. The molecular weight excluding hydrogens is 226 g/mol. The van der Waals surface area contributed by atoms with Gasteiger partial charge in [0.1, 0.15) is 0 Å². The normalized spacial score (nSPS) is 18.7. The van der Waals surface area contributed by atoms with E-state index in [9.17, 15) is 0 Å². The molecule has 1 aliphatic carbocycles. The van der Waals surface area contributed by atoms with Crippen molar-refractivity contribution in [1.29, 1.82) is 0 Å². The Labute approximate surface area is 113 Å². The van der Waals surface area contributed by atoms with Gasteiger partial charge in [0.25, 0.3) is 0 Å². The first-order valence-corrected chi connectivity index (χ1v) is 7.55.